The number of carbonyl (C=O) groups excluding carboxylic acids is 1. The molecule has 0 saturated heterocycles. The van der Waals surface area contributed by atoms with Crippen LogP contribution in [0.3, 0.4) is 0 Å². The molecule has 0 radical (unpaired) electrons. The number of hydrogen-bond donors (Lipinski definition) is 0. The molecule has 1 heterocycles. The summed E-state index contributed by atoms with van der Waals surface area (Å²) in [6.07, 6.45) is -3.47. The van der Waals surface area contributed by atoms with Gasteiger partial charge in [-0.25, -0.2) is 0 Å². The molecular formula is C11H5F3NO2-. The Kier molecular flexibility index (Phi) is 2.49. The highest BCUT2D eigenvalue weighted by Crippen LogP contribution is 2.30. The maximum Gasteiger partial charge on any atom is 0.416 e. The third-order valence-electron chi connectivity index (χ3n) is 2.25. The summed E-state index contributed by atoms with van der Waals surface area (Å²) < 4.78 is 37.2. The maximum atomic E-state index is 12.4. The fraction of sp³-hybridized carbons (Fsp3) is 0.0909. The molecule has 3 nitrogen and oxygen atoms in total. The van der Waals surface area contributed by atoms with Crippen molar-refractivity contribution in [2.24, 2.45) is 0 Å². The summed E-state index contributed by atoms with van der Waals surface area (Å²) in [5.74, 6) is -1.42. The maximum absolute atomic E-state index is 12.4. The molecule has 1 aromatic heterocycles. The Hall–Kier alpha value is -2.11. The number of benzene rings is 1. The van der Waals surface area contributed by atoms with Gasteiger partial charge in [0.1, 0.15) is 0 Å². The Balaban J connectivity index is 2.58. The van der Waals surface area contributed by atoms with Crippen molar-refractivity contribution < 1.29 is 23.1 Å². The lowest BCUT2D eigenvalue weighted by Crippen LogP contribution is -2.22. The van der Waals surface area contributed by atoms with Crippen LogP contribution >= 0.6 is 0 Å². The lowest BCUT2D eigenvalue weighted by molar-refractivity contribution is -0.255. The van der Waals surface area contributed by atoms with Gasteiger partial charge in [0.15, 0.2) is 0 Å². The van der Waals surface area contributed by atoms with Crippen LogP contribution in [0, 0.1) is 0 Å². The predicted molar refractivity (Wildman–Crippen MR) is 51.1 cm³/mol. The Bertz CT molecular complexity index is 593. The van der Waals surface area contributed by atoms with Gasteiger partial charge in [0.25, 0.3) is 0 Å². The van der Waals surface area contributed by atoms with Gasteiger partial charge in [-0.05, 0) is 18.2 Å². The van der Waals surface area contributed by atoms with E-state index in [1.165, 1.54) is 12.1 Å². The number of nitrogens with zero attached hydrogens (tertiary/aromatic N) is 1. The average Bonchev–Trinajstić information content (AvgIpc) is 2.26. The number of carboxylic acid groups (broad SMARTS) is 1. The zero-order valence-electron chi connectivity index (χ0n) is 8.28. The molecule has 0 spiro atoms. The molecule has 2 aromatic rings. The molecule has 0 unspecified atom stereocenters. The van der Waals surface area contributed by atoms with Crippen LogP contribution in [0.15, 0.2) is 30.5 Å². The molecule has 0 N–H and O–H groups in total. The molecule has 0 aliphatic heterocycles. The number of halogens is 3. The van der Waals surface area contributed by atoms with E-state index >= 15 is 0 Å². The minimum absolute atomic E-state index is 0.0878. The summed E-state index contributed by atoms with van der Waals surface area (Å²) in [6.45, 7) is 0. The predicted octanol–water partition coefficient (Wildman–Crippen LogP) is 1.62. The first-order valence-electron chi connectivity index (χ1n) is 4.56. The number of aromatic carboxylic acids is 1. The standard InChI is InChI=1S/C11H6F3NO2/c12-11(13,14)8-2-1-6-3-7(10(16)17)5-15-9(6)4-8/h1-5H,(H,16,17)/p-1. The number of aromatic nitrogens is 1. The highest BCUT2D eigenvalue weighted by Gasteiger charge is 2.30. The first-order valence-corrected chi connectivity index (χ1v) is 4.56. The molecule has 0 bridgehead atoms. The summed E-state index contributed by atoms with van der Waals surface area (Å²) >= 11 is 0. The summed E-state index contributed by atoms with van der Waals surface area (Å²) in [7, 11) is 0. The van der Waals surface area contributed by atoms with Crippen molar-refractivity contribution in [3.05, 3.63) is 41.6 Å². The average molecular weight is 240 g/mol. The van der Waals surface area contributed by atoms with Crippen LogP contribution in [-0.2, 0) is 6.18 Å². The molecule has 2 rings (SSSR count). The van der Waals surface area contributed by atoms with E-state index in [0.29, 0.717) is 5.39 Å². The Morgan fingerprint density at radius 1 is 1.24 bits per heavy atom. The number of fused-ring (bicyclic) bond motifs is 1. The van der Waals surface area contributed by atoms with Gasteiger partial charge < -0.3 is 9.90 Å². The molecule has 17 heavy (non-hydrogen) atoms. The van der Waals surface area contributed by atoms with Crippen LogP contribution < -0.4 is 5.11 Å². The van der Waals surface area contributed by atoms with Gasteiger partial charge in [0, 0.05) is 17.1 Å². The van der Waals surface area contributed by atoms with Crippen LogP contribution in [0.2, 0.25) is 0 Å². The Labute approximate surface area is 93.5 Å². The SMILES string of the molecule is O=C([O-])c1cnc2cc(C(F)(F)F)ccc2c1. The first-order chi connectivity index (χ1) is 7.88. The van der Waals surface area contributed by atoms with E-state index in [9.17, 15) is 23.1 Å². The lowest BCUT2D eigenvalue weighted by atomic mass is 10.1. The van der Waals surface area contributed by atoms with Gasteiger partial charge in [-0.3, -0.25) is 4.98 Å². The summed E-state index contributed by atoms with van der Waals surface area (Å²) in [5.41, 5.74) is -0.902. The minimum Gasteiger partial charge on any atom is -0.545 e. The van der Waals surface area contributed by atoms with Crippen molar-refractivity contribution in [1.29, 1.82) is 0 Å². The van der Waals surface area contributed by atoms with E-state index < -0.39 is 17.7 Å². The van der Waals surface area contributed by atoms with E-state index in [0.717, 1.165) is 18.3 Å². The smallest absolute Gasteiger partial charge is 0.416 e. The van der Waals surface area contributed by atoms with E-state index in [2.05, 4.69) is 4.98 Å². The summed E-state index contributed by atoms with van der Waals surface area (Å²) in [6, 6.07) is 4.15. The zero-order chi connectivity index (χ0) is 12.6. The van der Waals surface area contributed by atoms with E-state index in [1.807, 2.05) is 0 Å². The van der Waals surface area contributed by atoms with Crippen LogP contribution in [0.4, 0.5) is 13.2 Å². The lowest BCUT2D eigenvalue weighted by Gasteiger charge is -2.08. The quantitative estimate of drug-likeness (QED) is 0.761. The van der Waals surface area contributed by atoms with E-state index in [1.54, 1.807) is 0 Å². The van der Waals surface area contributed by atoms with Crippen LogP contribution in [0.5, 0.6) is 0 Å². The van der Waals surface area contributed by atoms with Gasteiger partial charge in [0.2, 0.25) is 0 Å². The van der Waals surface area contributed by atoms with Crippen LogP contribution in [0.1, 0.15) is 15.9 Å². The fourth-order valence-electron chi connectivity index (χ4n) is 1.41. The number of pyridine rings is 1. The highest BCUT2D eigenvalue weighted by molar-refractivity contribution is 5.91. The zero-order valence-corrected chi connectivity index (χ0v) is 8.28. The second kappa shape index (κ2) is 3.73. The second-order valence-electron chi connectivity index (χ2n) is 3.42. The normalized spacial score (nSPS) is 11.7. The highest BCUT2D eigenvalue weighted by atomic mass is 19.4. The van der Waals surface area contributed by atoms with E-state index in [-0.39, 0.29) is 11.1 Å². The van der Waals surface area contributed by atoms with Crippen molar-refractivity contribution >= 4 is 16.9 Å². The number of alkyl halides is 3. The number of hydrogen-bond acceptors (Lipinski definition) is 3. The molecular weight excluding hydrogens is 235 g/mol. The van der Waals surface area contributed by atoms with Crippen molar-refractivity contribution in [3.63, 3.8) is 0 Å². The van der Waals surface area contributed by atoms with Gasteiger partial charge in [-0.15, -0.1) is 0 Å². The third kappa shape index (κ3) is 2.20. The number of carboxylic acids is 1. The van der Waals surface area contributed by atoms with Gasteiger partial charge in [0.05, 0.1) is 17.0 Å². The number of rotatable bonds is 1. The molecule has 6 heteroatoms. The first kappa shape index (κ1) is 11.4. The topological polar surface area (TPSA) is 53.0 Å². The largest absolute Gasteiger partial charge is 0.545 e. The Morgan fingerprint density at radius 3 is 2.53 bits per heavy atom. The van der Waals surface area contributed by atoms with Gasteiger partial charge in [-0.1, -0.05) is 6.07 Å². The monoisotopic (exact) mass is 240 g/mol. The van der Waals surface area contributed by atoms with Gasteiger partial charge in [-0.2, -0.15) is 13.2 Å². The molecule has 0 aliphatic rings. The minimum atomic E-state index is -4.44. The molecule has 0 atom stereocenters. The summed E-state index contributed by atoms with van der Waals surface area (Å²) in [4.78, 5) is 14.2. The number of carbonyl (C=O) groups is 1. The van der Waals surface area contributed by atoms with Crippen molar-refractivity contribution in [1.82, 2.24) is 4.98 Å². The molecule has 1 aromatic carbocycles. The van der Waals surface area contributed by atoms with Crippen LogP contribution in [-0.4, -0.2) is 11.0 Å². The van der Waals surface area contributed by atoms with Crippen molar-refractivity contribution in [2.45, 2.75) is 6.18 Å². The van der Waals surface area contributed by atoms with Crippen molar-refractivity contribution in [2.75, 3.05) is 0 Å². The summed E-state index contributed by atoms with van der Waals surface area (Å²) in [5, 5.41) is 10.9. The molecule has 0 fully saturated rings. The fourth-order valence-corrected chi connectivity index (χ4v) is 1.41. The van der Waals surface area contributed by atoms with Gasteiger partial charge >= 0.3 is 6.18 Å². The Morgan fingerprint density at radius 2 is 1.94 bits per heavy atom. The third-order valence-corrected chi connectivity index (χ3v) is 2.25. The van der Waals surface area contributed by atoms with Crippen LogP contribution in [0.25, 0.3) is 10.9 Å². The van der Waals surface area contributed by atoms with E-state index in [4.69, 9.17) is 0 Å². The molecule has 0 aliphatic carbocycles. The molecule has 88 valence electrons. The second-order valence-corrected chi connectivity index (χ2v) is 3.42. The van der Waals surface area contributed by atoms with Crippen molar-refractivity contribution in [3.8, 4) is 0 Å². The molecule has 0 saturated carbocycles. The molecule has 0 amide bonds.